The first-order valence-electron chi connectivity index (χ1n) is 9.40. The summed E-state index contributed by atoms with van der Waals surface area (Å²) in [5.41, 5.74) is 0.676. The number of para-hydroxylation sites is 1. The van der Waals surface area contributed by atoms with Gasteiger partial charge in [-0.1, -0.05) is 25.1 Å². The Morgan fingerprint density at radius 3 is 2.32 bits per heavy atom. The number of aliphatic carboxylic acids is 1. The highest BCUT2D eigenvalue weighted by molar-refractivity contribution is 5.89. The fourth-order valence-corrected chi connectivity index (χ4v) is 3.26. The average molecular weight is 383 g/mol. The Balaban J connectivity index is 1.42. The zero-order valence-electron chi connectivity index (χ0n) is 15.8. The third-order valence-corrected chi connectivity index (χ3v) is 4.80. The monoisotopic (exact) mass is 383 g/mol. The van der Waals surface area contributed by atoms with Crippen LogP contribution in [0.5, 0.6) is 11.5 Å². The lowest BCUT2D eigenvalue weighted by atomic mass is 9.85. The van der Waals surface area contributed by atoms with E-state index in [0.717, 1.165) is 18.6 Å². The predicted molar refractivity (Wildman–Crippen MR) is 107 cm³/mol. The molecule has 0 spiro atoms. The van der Waals surface area contributed by atoms with Crippen LogP contribution in [0, 0.1) is 0 Å². The zero-order chi connectivity index (χ0) is 19.9. The van der Waals surface area contributed by atoms with Crippen molar-refractivity contribution in [2.24, 2.45) is 0 Å². The van der Waals surface area contributed by atoms with Gasteiger partial charge in [0.05, 0.1) is 6.54 Å². The number of anilines is 1. The van der Waals surface area contributed by atoms with E-state index in [1.165, 1.54) is 0 Å². The molecule has 0 aliphatic heterocycles. The number of hydrogen-bond acceptors (Lipinski definition) is 4. The summed E-state index contributed by atoms with van der Waals surface area (Å²) >= 11 is 0. The number of amides is 2. The van der Waals surface area contributed by atoms with Gasteiger partial charge in [-0.2, -0.15) is 0 Å². The maximum atomic E-state index is 12.2. The molecule has 0 unspecified atom stereocenters. The number of carboxylic acids is 1. The Kier molecular flexibility index (Phi) is 6.49. The lowest BCUT2D eigenvalue weighted by Gasteiger charge is -2.42. The van der Waals surface area contributed by atoms with E-state index in [-0.39, 0.29) is 24.7 Å². The number of carboxylic acid groups (broad SMARTS) is 1. The normalized spacial score (nSPS) is 18.2. The van der Waals surface area contributed by atoms with E-state index < -0.39 is 5.97 Å². The van der Waals surface area contributed by atoms with Gasteiger partial charge in [0, 0.05) is 17.8 Å². The second-order valence-corrected chi connectivity index (χ2v) is 6.82. The minimum absolute atomic E-state index is 0.0392. The first-order chi connectivity index (χ1) is 13.5. The molecule has 3 rings (SSSR count). The number of hydrogen-bond donors (Lipinski definition) is 3. The smallest absolute Gasteiger partial charge is 0.319 e. The molecule has 2 aromatic rings. The van der Waals surface area contributed by atoms with Gasteiger partial charge < -0.3 is 20.5 Å². The minimum Gasteiger partial charge on any atom is -0.480 e. The topological polar surface area (TPSA) is 90.9 Å². The fraction of sp³-hybridized carbons (Fsp3) is 0.333. The van der Waals surface area contributed by atoms with Gasteiger partial charge in [-0.3, -0.25) is 9.69 Å². The van der Waals surface area contributed by atoms with Crippen LogP contribution in [0.25, 0.3) is 0 Å². The number of rotatable bonds is 8. The second-order valence-electron chi connectivity index (χ2n) is 6.82. The molecule has 7 heteroatoms. The molecule has 0 saturated heterocycles. The minimum atomic E-state index is -0.823. The second kappa shape index (κ2) is 9.23. The van der Waals surface area contributed by atoms with E-state index in [1.807, 2.05) is 42.2 Å². The molecule has 3 N–H and O–H groups in total. The standard InChI is InChI=1S/C21H25N3O4/c1-2-24(14-20(25)26)17-12-16(13-17)23-21(27)22-15-8-10-19(11-9-15)28-18-6-4-3-5-7-18/h3-11,16-17H,2,12-14H2,1H3,(H,25,26)(H2,22,23,27). The summed E-state index contributed by atoms with van der Waals surface area (Å²) < 4.78 is 5.73. The molecule has 1 aliphatic carbocycles. The van der Waals surface area contributed by atoms with Crippen LogP contribution >= 0.6 is 0 Å². The Bertz CT molecular complexity index is 789. The largest absolute Gasteiger partial charge is 0.480 e. The molecule has 0 atom stereocenters. The molecule has 0 aromatic heterocycles. The van der Waals surface area contributed by atoms with E-state index in [9.17, 15) is 9.59 Å². The fourth-order valence-electron chi connectivity index (χ4n) is 3.26. The van der Waals surface area contributed by atoms with Crippen LogP contribution in [0.1, 0.15) is 19.8 Å². The summed E-state index contributed by atoms with van der Waals surface area (Å²) in [7, 11) is 0. The highest BCUT2D eigenvalue weighted by Crippen LogP contribution is 2.26. The third-order valence-electron chi connectivity index (χ3n) is 4.80. The quantitative estimate of drug-likeness (QED) is 0.649. The van der Waals surface area contributed by atoms with Crippen molar-refractivity contribution in [1.82, 2.24) is 10.2 Å². The number of benzene rings is 2. The summed E-state index contributed by atoms with van der Waals surface area (Å²) in [5.74, 6) is 0.622. The molecule has 148 valence electrons. The van der Waals surface area contributed by atoms with Crippen LogP contribution in [-0.4, -0.2) is 47.2 Å². The Morgan fingerprint density at radius 2 is 1.71 bits per heavy atom. The van der Waals surface area contributed by atoms with Gasteiger partial charge in [-0.25, -0.2) is 4.79 Å². The van der Waals surface area contributed by atoms with Gasteiger partial charge in [0.1, 0.15) is 11.5 Å². The molecule has 28 heavy (non-hydrogen) atoms. The number of urea groups is 1. The van der Waals surface area contributed by atoms with Gasteiger partial charge in [-0.05, 0) is 55.8 Å². The highest BCUT2D eigenvalue weighted by Gasteiger charge is 2.34. The van der Waals surface area contributed by atoms with Crippen molar-refractivity contribution < 1.29 is 19.4 Å². The maximum absolute atomic E-state index is 12.2. The van der Waals surface area contributed by atoms with Crippen LogP contribution < -0.4 is 15.4 Å². The van der Waals surface area contributed by atoms with Crippen molar-refractivity contribution in [3.05, 3.63) is 54.6 Å². The maximum Gasteiger partial charge on any atom is 0.319 e. The van der Waals surface area contributed by atoms with Gasteiger partial charge in [0.15, 0.2) is 0 Å². The molecular formula is C21H25N3O4. The molecule has 1 saturated carbocycles. The molecule has 0 bridgehead atoms. The van der Waals surface area contributed by atoms with Crippen molar-refractivity contribution in [2.45, 2.75) is 31.8 Å². The van der Waals surface area contributed by atoms with Gasteiger partial charge in [-0.15, -0.1) is 0 Å². The lowest BCUT2D eigenvalue weighted by Crippen LogP contribution is -2.55. The van der Waals surface area contributed by atoms with E-state index in [1.54, 1.807) is 24.3 Å². The van der Waals surface area contributed by atoms with E-state index in [0.29, 0.717) is 18.0 Å². The first-order valence-corrected chi connectivity index (χ1v) is 9.40. The van der Waals surface area contributed by atoms with Crippen molar-refractivity contribution in [3.63, 3.8) is 0 Å². The number of nitrogens with zero attached hydrogens (tertiary/aromatic N) is 1. The van der Waals surface area contributed by atoms with Crippen molar-refractivity contribution >= 4 is 17.7 Å². The first kappa shape index (κ1) is 19.7. The van der Waals surface area contributed by atoms with Crippen LogP contribution in [-0.2, 0) is 4.79 Å². The summed E-state index contributed by atoms with van der Waals surface area (Å²) in [6.07, 6.45) is 1.52. The van der Waals surface area contributed by atoms with E-state index >= 15 is 0 Å². The zero-order valence-corrected chi connectivity index (χ0v) is 15.8. The van der Waals surface area contributed by atoms with Crippen LogP contribution in [0.15, 0.2) is 54.6 Å². The number of likely N-dealkylation sites (N-methyl/N-ethyl adjacent to an activating group) is 1. The predicted octanol–water partition coefficient (Wildman–Crippen LogP) is 3.54. The van der Waals surface area contributed by atoms with E-state index in [4.69, 9.17) is 9.84 Å². The summed E-state index contributed by atoms with van der Waals surface area (Å²) in [5, 5.41) is 14.7. The van der Waals surface area contributed by atoms with Crippen LogP contribution in [0.3, 0.4) is 0 Å². The van der Waals surface area contributed by atoms with Crippen molar-refractivity contribution in [1.29, 1.82) is 0 Å². The Hall–Kier alpha value is -3.06. The number of carbonyl (C=O) groups is 2. The van der Waals surface area contributed by atoms with Crippen molar-refractivity contribution in [2.75, 3.05) is 18.4 Å². The average Bonchev–Trinajstić information content (AvgIpc) is 2.65. The van der Waals surface area contributed by atoms with Gasteiger partial charge in [0.25, 0.3) is 0 Å². The summed E-state index contributed by atoms with van der Waals surface area (Å²) in [6.45, 7) is 2.67. The number of ether oxygens (including phenoxy) is 1. The molecule has 1 aliphatic rings. The summed E-state index contributed by atoms with van der Waals surface area (Å²) in [6, 6.07) is 16.7. The SMILES string of the molecule is CCN(CC(=O)O)C1CC(NC(=O)Nc2ccc(Oc3ccccc3)cc2)C1. The molecule has 1 fully saturated rings. The molecule has 0 radical (unpaired) electrons. The number of nitrogens with one attached hydrogen (secondary N) is 2. The van der Waals surface area contributed by atoms with E-state index in [2.05, 4.69) is 10.6 Å². The van der Waals surface area contributed by atoms with Crippen LogP contribution in [0.4, 0.5) is 10.5 Å². The molecule has 2 amide bonds. The van der Waals surface area contributed by atoms with Gasteiger partial charge in [0.2, 0.25) is 0 Å². The third kappa shape index (κ3) is 5.47. The lowest BCUT2D eigenvalue weighted by molar-refractivity contribution is -0.139. The highest BCUT2D eigenvalue weighted by atomic mass is 16.5. The van der Waals surface area contributed by atoms with Gasteiger partial charge >= 0.3 is 12.0 Å². The van der Waals surface area contributed by atoms with Crippen molar-refractivity contribution in [3.8, 4) is 11.5 Å². The molecule has 0 heterocycles. The molecule has 2 aromatic carbocycles. The van der Waals surface area contributed by atoms with Crippen LogP contribution in [0.2, 0.25) is 0 Å². The Morgan fingerprint density at radius 1 is 1.07 bits per heavy atom. The summed E-state index contributed by atoms with van der Waals surface area (Å²) in [4.78, 5) is 24.9. The Labute approximate surface area is 164 Å². The molecule has 7 nitrogen and oxygen atoms in total. The number of carbonyl (C=O) groups excluding carboxylic acids is 1. The molecular weight excluding hydrogens is 358 g/mol.